The zero-order chi connectivity index (χ0) is 17.4. The van der Waals surface area contributed by atoms with Crippen LogP contribution in [0.1, 0.15) is 27.8 Å². The molecule has 2 heterocycles. The Morgan fingerprint density at radius 1 is 1.08 bits per heavy atom. The van der Waals surface area contributed by atoms with Gasteiger partial charge in [0.15, 0.2) is 6.17 Å². The molecule has 1 N–H and O–H groups in total. The molecule has 0 aliphatic carbocycles. The van der Waals surface area contributed by atoms with Gasteiger partial charge in [-0.3, -0.25) is 14.7 Å². The predicted octanol–water partition coefficient (Wildman–Crippen LogP) is 4.30. The molecule has 1 aromatic heterocycles. The van der Waals surface area contributed by atoms with E-state index in [4.69, 9.17) is 0 Å². The standard InChI is InChI=1S/C20H16FN3O/c1-13-12-14(21)9-10-17(13)23-19-18-16(8-5-11-22-18)20(25)24(19)15-6-3-2-4-7-15/h2-12,19,23H,1H3. The van der Waals surface area contributed by atoms with Gasteiger partial charge < -0.3 is 5.32 Å². The Labute approximate surface area is 144 Å². The van der Waals surface area contributed by atoms with Crippen LogP contribution in [-0.4, -0.2) is 10.9 Å². The van der Waals surface area contributed by atoms with Crippen molar-refractivity contribution < 1.29 is 9.18 Å². The van der Waals surface area contributed by atoms with Crippen LogP contribution in [0.5, 0.6) is 0 Å². The van der Waals surface area contributed by atoms with Crippen LogP contribution in [0.4, 0.5) is 15.8 Å². The van der Waals surface area contributed by atoms with Crippen LogP contribution in [0.15, 0.2) is 66.9 Å². The monoisotopic (exact) mass is 333 g/mol. The molecule has 0 radical (unpaired) electrons. The van der Waals surface area contributed by atoms with Crippen molar-refractivity contribution in [2.45, 2.75) is 13.1 Å². The lowest BCUT2D eigenvalue weighted by Crippen LogP contribution is -2.32. The summed E-state index contributed by atoms with van der Waals surface area (Å²) in [5.74, 6) is -0.393. The van der Waals surface area contributed by atoms with Crippen molar-refractivity contribution in [3.8, 4) is 0 Å². The summed E-state index contributed by atoms with van der Waals surface area (Å²) < 4.78 is 13.4. The van der Waals surface area contributed by atoms with E-state index < -0.39 is 6.17 Å². The third-order valence-corrected chi connectivity index (χ3v) is 4.32. The smallest absolute Gasteiger partial charge is 0.262 e. The molecule has 1 aliphatic rings. The van der Waals surface area contributed by atoms with E-state index in [1.807, 2.05) is 37.3 Å². The minimum Gasteiger partial charge on any atom is -0.360 e. The van der Waals surface area contributed by atoms with Crippen molar-refractivity contribution in [1.82, 2.24) is 4.98 Å². The quantitative estimate of drug-likeness (QED) is 0.777. The molecular weight excluding hydrogens is 317 g/mol. The first-order valence-corrected chi connectivity index (χ1v) is 8.01. The summed E-state index contributed by atoms with van der Waals surface area (Å²) in [6, 6.07) is 17.5. The lowest BCUT2D eigenvalue weighted by atomic mass is 10.1. The van der Waals surface area contributed by atoms with Crippen LogP contribution < -0.4 is 10.2 Å². The van der Waals surface area contributed by atoms with Gasteiger partial charge in [0.05, 0.1) is 11.3 Å². The Hall–Kier alpha value is -3.21. The second-order valence-electron chi connectivity index (χ2n) is 5.95. The molecule has 5 heteroatoms. The fraction of sp³-hybridized carbons (Fsp3) is 0.100. The Kier molecular flexibility index (Phi) is 3.69. The van der Waals surface area contributed by atoms with Crippen LogP contribution in [0.25, 0.3) is 0 Å². The van der Waals surface area contributed by atoms with Gasteiger partial charge in [-0.25, -0.2) is 4.39 Å². The highest BCUT2D eigenvalue weighted by Gasteiger charge is 2.39. The maximum Gasteiger partial charge on any atom is 0.262 e. The molecule has 1 amide bonds. The Bertz CT molecular complexity index is 943. The number of pyridine rings is 1. The predicted molar refractivity (Wildman–Crippen MR) is 95.0 cm³/mol. The average Bonchev–Trinajstić information content (AvgIpc) is 2.91. The fourth-order valence-electron chi connectivity index (χ4n) is 3.11. The van der Waals surface area contributed by atoms with Crippen molar-refractivity contribution in [3.63, 3.8) is 0 Å². The van der Waals surface area contributed by atoms with Gasteiger partial charge in [-0.2, -0.15) is 0 Å². The minimum atomic E-state index is -0.449. The third-order valence-electron chi connectivity index (χ3n) is 4.32. The molecule has 124 valence electrons. The van der Waals surface area contributed by atoms with E-state index in [0.717, 1.165) is 16.9 Å². The van der Waals surface area contributed by atoms with E-state index in [1.165, 1.54) is 12.1 Å². The molecule has 4 rings (SSSR count). The molecule has 0 saturated heterocycles. The lowest BCUT2D eigenvalue weighted by Gasteiger charge is -2.27. The molecule has 3 aromatic rings. The van der Waals surface area contributed by atoms with Crippen LogP contribution in [-0.2, 0) is 0 Å². The van der Waals surface area contributed by atoms with Crippen LogP contribution in [0.2, 0.25) is 0 Å². The molecule has 4 nitrogen and oxygen atoms in total. The number of rotatable bonds is 3. The maximum absolute atomic E-state index is 13.4. The van der Waals surface area contributed by atoms with Crippen molar-refractivity contribution in [2.75, 3.05) is 10.2 Å². The molecule has 1 unspecified atom stereocenters. The number of amides is 1. The van der Waals surface area contributed by atoms with Crippen molar-refractivity contribution in [3.05, 3.63) is 89.5 Å². The fourth-order valence-corrected chi connectivity index (χ4v) is 3.11. The van der Waals surface area contributed by atoms with Gasteiger partial charge >= 0.3 is 0 Å². The number of carbonyl (C=O) groups excluding carboxylic acids is 1. The third kappa shape index (κ3) is 2.63. The van der Waals surface area contributed by atoms with Crippen LogP contribution in [0.3, 0.4) is 0 Å². The number of anilines is 2. The molecule has 2 aromatic carbocycles. The van der Waals surface area contributed by atoms with Crippen molar-refractivity contribution in [1.29, 1.82) is 0 Å². The Balaban J connectivity index is 1.80. The first-order valence-electron chi connectivity index (χ1n) is 8.01. The Morgan fingerprint density at radius 3 is 2.64 bits per heavy atom. The molecule has 0 fully saturated rings. The molecule has 0 saturated carbocycles. The molecule has 0 spiro atoms. The first-order chi connectivity index (χ1) is 12.1. The highest BCUT2D eigenvalue weighted by molar-refractivity contribution is 6.11. The van der Waals surface area contributed by atoms with E-state index in [9.17, 15) is 9.18 Å². The number of nitrogens with zero attached hydrogens (tertiary/aromatic N) is 2. The van der Waals surface area contributed by atoms with Crippen LogP contribution >= 0.6 is 0 Å². The van der Waals surface area contributed by atoms with Gasteiger partial charge in [0.2, 0.25) is 0 Å². The summed E-state index contributed by atoms with van der Waals surface area (Å²) in [5, 5.41) is 3.35. The zero-order valence-corrected chi connectivity index (χ0v) is 13.6. The van der Waals surface area contributed by atoms with Gasteiger partial charge in [-0.05, 0) is 55.0 Å². The second-order valence-corrected chi connectivity index (χ2v) is 5.95. The summed E-state index contributed by atoms with van der Waals surface area (Å²) in [5.41, 5.74) is 3.55. The first kappa shape index (κ1) is 15.3. The van der Waals surface area contributed by atoms with Crippen LogP contribution in [0, 0.1) is 12.7 Å². The number of aryl methyl sites for hydroxylation is 1. The number of aromatic nitrogens is 1. The molecule has 1 aliphatic heterocycles. The van der Waals surface area contributed by atoms with Crippen molar-refractivity contribution in [2.24, 2.45) is 0 Å². The normalized spacial score (nSPS) is 16.0. The molecule has 1 atom stereocenters. The summed E-state index contributed by atoms with van der Waals surface area (Å²) in [7, 11) is 0. The summed E-state index contributed by atoms with van der Waals surface area (Å²) in [6.45, 7) is 1.83. The lowest BCUT2D eigenvalue weighted by molar-refractivity contribution is 0.0993. The number of hydrogen-bond donors (Lipinski definition) is 1. The van der Waals surface area contributed by atoms with E-state index in [0.29, 0.717) is 11.3 Å². The highest BCUT2D eigenvalue weighted by atomic mass is 19.1. The summed E-state index contributed by atoms with van der Waals surface area (Å²) in [6.07, 6.45) is 1.22. The summed E-state index contributed by atoms with van der Waals surface area (Å²) in [4.78, 5) is 19.0. The Morgan fingerprint density at radius 2 is 1.88 bits per heavy atom. The number of benzene rings is 2. The van der Waals surface area contributed by atoms with Gasteiger partial charge in [-0.15, -0.1) is 0 Å². The average molecular weight is 333 g/mol. The zero-order valence-electron chi connectivity index (χ0n) is 13.6. The van der Waals surface area contributed by atoms with Gasteiger partial charge in [0.25, 0.3) is 5.91 Å². The van der Waals surface area contributed by atoms with Gasteiger partial charge in [-0.1, -0.05) is 18.2 Å². The largest absolute Gasteiger partial charge is 0.360 e. The number of halogens is 1. The maximum atomic E-state index is 13.4. The number of nitrogens with one attached hydrogen (secondary N) is 1. The number of fused-ring (bicyclic) bond motifs is 1. The van der Waals surface area contributed by atoms with E-state index >= 15 is 0 Å². The van der Waals surface area contributed by atoms with E-state index in [2.05, 4.69) is 10.3 Å². The topological polar surface area (TPSA) is 45.2 Å². The van der Waals surface area contributed by atoms with Gasteiger partial charge in [0, 0.05) is 17.6 Å². The second kappa shape index (κ2) is 6.02. The highest BCUT2D eigenvalue weighted by Crippen LogP contribution is 2.37. The SMILES string of the molecule is Cc1cc(F)ccc1NC1c2ncccc2C(=O)N1c1ccccc1. The number of para-hydroxylation sites is 1. The van der Waals surface area contributed by atoms with E-state index in [1.54, 1.807) is 29.3 Å². The minimum absolute atomic E-state index is 0.105. The van der Waals surface area contributed by atoms with Crippen molar-refractivity contribution >= 4 is 17.3 Å². The van der Waals surface area contributed by atoms with Gasteiger partial charge in [0.1, 0.15) is 5.82 Å². The summed E-state index contributed by atoms with van der Waals surface area (Å²) >= 11 is 0. The number of carbonyl (C=O) groups is 1. The van der Waals surface area contributed by atoms with E-state index in [-0.39, 0.29) is 11.7 Å². The molecule has 25 heavy (non-hydrogen) atoms. The molecule has 0 bridgehead atoms. The number of hydrogen-bond acceptors (Lipinski definition) is 3. The molecular formula is C20H16FN3O.